The van der Waals surface area contributed by atoms with Gasteiger partial charge < -0.3 is 0 Å². The Balaban J connectivity index is 1.68. The molecule has 9 nitrogen and oxygen atoms in total. The topological polar surface area (TPSA) is 104 Å². The Morgan fingerprint density at radius 3 is 2.67 bits per heavy atom. The normalized spacial score (nSPS) is 11.3. The van der Waals surface area contributed by atoms with E-state index in [-0.39, 0.29) is 5.69 Å². The van der Waals surface area contributed by atoms with Crippen molar-refractivity contribution in [3.63, 3.8) is 0 Å². The highest BCUT2D eigenvalue weighted by Crippen LogP contribution is 2.24. The predicted octanol–water partition coefficient (Wildman–Crippen LogP) is 3.04. The van der Waals surface area contributed by atoms with Crippen LogP contribution in [0, 0.1) is 10.1 Å². The van der Waals surface area contributed by atoms with E-state index in [9.17, 15) is 10.1 Å². The van der Waals surface area contributed by atoms with Gasteiger partial charge in [0.15, 0.2) is 17.1 Å². The van der Waals surface area contributed by atoms with Crippen molar-refractivity contribution in [1.29, 1.82) is 0 Å². The number of hydrogen-bond donors (Lipinski definition) is 0. The Kier molecular flexibility index (Phi) is 3.20. The number of benzene rings is 2. The molecule has 2 aromatic carbocycles. The van der Waals surface area contributed by atoms with E-state index in [1.165, 1.54) is 12.1 Å². The predicted molar refractivity (Wildman–Crippen MR) is 97.5 cm³/mol. The largest absolute Gasteiger partial charge is 0.270 e. The first-order valence-corrected chi connectivity index (χ1v) is 8.10. The Hall–Kier alpha value is -4.14. The average molecular weight is 357 g/mol. The zero-order valence-corrected chi connectivity index (χ0v) is 13.8. The maximum Gasteiger partial charge on any atom is 0.270 e. The van der Waals surface area contributed by atoms with Crippen LogP contribution in [0.1, 0.15) is 0 Å². The van der Waals surface area contributed by atoms with Crippen molar-refractivity contribution in [2.45, 2.75) is 0 Å². The van der Waals surface area contributed by atoms with Gasteiger partial charge in [-0.2, -0.15) is 5.10 Å². The van der Waals surface area contributed by atoms with E-state index in [0.29, 0.717) is 22.7 Å². The number of non-ortho nitro benzene ring substituents is 1. The van der Waals surface area contributed by atoms with Crippen LogP contribution in [0.4, 0.5) is 5.69 Å². The number of rotatable bonds is 3. The molecule has 0 fully saturated rings. The molecular weight excluding hydrogens is 346 g/mol. The minimum Gasteiger partial charge on any atom is -0.258 e. The standard InChI is InChI=1S/C18H11N7O2/c26-25(27)14-8-4-5-12(9-14)16-21-18-15-10-20-24(13-6-2-1-3-7-13)17(15)19-11-23(18)22-16/h1-11H. The molecule has 9 heteroatoms. The second kappa shape index (κ2) is 5.70. The third-order valence-corrected chi connectivity index (χ3v) is 4.22. The van der Waals surface area contributed by atoms with Gasteiger partial charge in [-0.3, -0.25) is 10.1 Å². The van der Waals surface area contributed by atoms with Crippen LogP contribution in [-0.4, -0.2) is 34.3 Å². The molecule has 0 spiro atoms. The number of nitro groups is 1. The molecular formula is C18H11N7O2. The number of nitrogens with zero attached hydrogens (tertiary/aromatic N) is 7. The molecule has 0 radical (unpaired) electrons. The van der Waals surface area contributed by atoms with Gasteiger partial charge in [-0.15, -0.1) is 5.10 Å². The second-order valence-corrected chi connectivity index (χ2v) is 5.88. The SMILES string of the molecule is O=[N+]([O-])c1cccc(-c2nc3c4cnn(-c5ccccc5)c4ncn3n2)c1. The van der Waals surface area contributed by atoms with Crippen molar-refractivity contribution < 1.29 is 4.92 Å². The highest BCUT2D eigenvalue weighted by molar-refractivity contribution is 5.90. The molecule has 0 aliphatic carbocycles. The fourth-order valence-electron chi connectivity index (χ4n) is 2.96. The molecule has 0 aliphatic rings. The molecule has 0 N–H and O–H groups in total. The highest BCUT2D eigenvalue weighted by Gasteiger charge is 2.15. The smallest absolute Gasteiger partial charge is 0.258 e. The van der Waals surface area contributed by atoms with Crippen molar-refractivity contribution in [3.8, 4) is 17.1 Å². The van der Waals surface area contributed by atoms with Gasteiger partial charge in [-0.05, 0) is 12.1 Å². The van der Waals surface area contributed by atoms with E-state index < -0.39 is 4.92 Å². The number of hydrogen-bond acceptors (Lipinski definition) is 6. The van der Waals surface area contributed by atoms with E-state index in [1.54, 1.807) is 33.9 Å². The van der Waals surface area contributed by atoms with Gasteiger partial charge in [0.25, 0.3) is 5.69 Å². The van der Waals surface area contributed by atoms with Gasteiger partial charge in [0.05, 0.1) is 22.2 Å². The summed E-state index contributed by atoms with van der Waals surface area (Å²) in [5, 5.41) is 20.6. The summed E-state index contributed by atoms with van der Waals surface area (Å²) in [5.41, 5.74) is 2.70. The fourth-order valence-corrected chi connectivity index (χ4v) is 2.96. The zero-order chi connectivity index (χ0) is 18.4. The summed E-state index contributed by atoms with van der Waals surface area (Å²) >= 11 is 0. The van der Waals surface area contributed by atoms with Crippen LogP contribution in [-0.2, 0) is 0 Å². The molecule has 3 aromatic heterocycles. The van der Waals surface area contributed by atoms with E-state index in [4.69, 9.17) is 0 Å². The van der Waals surface area contributed by atoms with Gasteiger partial charge in [0, 0.05) is 17.7 Å². The lowest BCUT2D eigenvalue weighted by molar-refractivity contribution is -0.384. The van der Waals surface area contributed by atoms with Crippen molar-refractivity contribution in [1.82, 2.24) is 29.4 Å². The highest BCUT2D eigenvalue weighted by atomic mass is 16.6. The fraction of sp³-hybridized carbons (Fsp3) is 0. The second-order valence-electron chi connectivity index (χ2n) is 5.88. The maximum absolute atomic E-state index is 11.0. The molecule has 0 bridgehead atoms. The summed E-state index contributed by atoms with van der Waals surface area (Å²) in [7, 11) is 0. The Morgan fingerprint density at radius 2 is 1.85 bits per heavy atom. The monoisotopic (exact) mass is 357 g/mol. The van der Waals surface area contributed by atoms with E-state index in [1.807, 2.05) is 30.3 Å². The molecule has 0 aliphatic heterocycles. The zero-order valence-electron chi connectivity index (χ0n) is 13.8. The van der Waals surface area contributed by atoms with Gasteiger partial charge in [-0.1, -0.05) is 30.3 Å². The quantitative estimate of drug-likeness (QED) is 0.363. The van der Waals surface area contributed by atoms with Crippen molar-refractivity contribution in [2.24, 2.45) is 0 Å². The van der Waals surface area contributed by atoms with Crippen LogP contribution in [0.5, 0.6) is 0 Å². The third kappa shape index (κ3) is 2.41. The van der Waals surface area contributed by atoms with Crippen molar-refractivity contribution in [3.05, 3.63) is 77.2 Å². The van der Waals surface area contributed by atoms with Gasteiger partial charge in [-0.25, -0.2) is 19.2 Å². The summed E-state index contributed by atoms with van der Waals surface area (Å²) in [5.74, 6) is 0.389. The summed E-state index contributed by atoms with van der Waals surface area (Å²) < 4.78 is 3.28. The lowest BCUT2D eigenvalue weighted by Gasteiger charge is -2.01. The van der Waals surface area contributed by atoms with Crippen LogP contribution in [0.3, 0.4) is 0 Å². The van der Waals surface area contributed by atoms with Gasteiger partial charge in [0.1, 0.15) is 6.33 Å². The molecule has 3 heterocycles. The van der Waals surface area contributed by atoms with Crippen LogP contribution >= 0.6 is 0 Å². The van der Waals surface area contributed by atoms with E-state index >= 15 is 0 Å². The molecule has 5 rings (SSSR count). The molecule has 0 unspecified atom stereocenters. The van der Waals surface area contributed by atoms with Crippen LogP contribution < -0.4 is 0 Å². The molecule has 0 atom stereocenters. The minimum atomic E-state index is -0.442. The van der Waals surface area contributed by atoms with Crippen LogP contribution in [0.2, 0.25) is 0 Å². The Labute approximate surface area is 151 Å². The summed E-state index contributed by atoms with van der Waals surface area (Å²) in [6, 6.07) is 15.9. The van der Waals surface area contributed by atoms with E-state index in [0.717, 1.165) is 11.1 Å². The molecule has 0 saturated heterocycles. The van der Waals surface area contributed by atoms with Gasteiger partial charge in [0.2, 0.25) is 0 Å². The third-order valence-electron chi connectivity index (χ3n) is 4.22. The summed E-state index contributed by atoms with van der Waals surface area (Å²) in [6.07, 6.45) is 3.25. The van der Waals surface area contributed by atoms with Crippen LogP contribution in [0.15, 0.2) is 67.1 Å². The minimum absolute atomic E-state index is 0.00785. The number of fused-ring (bicyclic) bond motifs is 3. The average Bonchev–Trinajstić information content (AvgIpc) is 3.32. The Morgan fingerprint density at radius 1 is 1.00 bits per heavy atom. The summed E-state index contributed by atoms with van der Waals surface area (Å²) in [6.45, 7) is 0. The molecule has 0 amide bonds. The van der Waals surface area contributed by atoms with Crippen molar-refractivity contribution >= 4 is 22.4 Å². The first kappa shape index (κ1) is 15.1. The van der Waals surface area contributed by atoms with Crippen LogP contribution in [0.25, 0.3) is 33.8 Å². The van der Waals surface area contributed by atoms with E-state index in [2.05, 4.69) is 20.2 Å². The van der Waals surface area contributed by atoms with Crippen molar-refractivity contribution in [2.75, 3.05) is 0 Å². The lowest BCUT2D eigenvalue weighted by atomic mass is 10.2. The maximum atomic E-state index is 11.0. The molecule has 0 saturated carbocycles. The lowest BCUT2D eigenvalue weighted by Crippen LogP contribution is -1.98. The summed E-state index contributed by atoms with van der Waals surface area (Å²) in [4.78, 5) is 19.6. The van der Waals surface area contributed by atoms with Gasteiger partial charge >= 0.3 is 0 Å². The molecule has 130 valence electrons. The number of nitro benzene ring substituents is 1. The number of para-hydroxylation sites is 1. The Bertz CT molecular complexity index is 1310. The number of aromatic nitrogens is 6. The first-order chi connectivity index (χ1) is 13.2. The first-order valence-electron chi connectivity index (χ1n) is 8.10. The molecule has 5 aromatic rings. The molecule has 27 heavy (non-hydrogen) atoms.